The average Bonchev–Trinajstić information content (AvgIpc) is 3.49. The highest BCUT2D eigenvalue weighted by molar-refractivity contribution is 5.96. The lowest BCUT2D eigenvalue weighted by molar-refractivity contribution is -0.386. The van der Waals surface area contributed by atoms with Crippen molar-refractivity contribution >= 4 is 17.5 Å². The van der Waals surface area contributed by atoms with E-state index in [1.54, 1.807) is 37.5 Å². The molecule has 6 nitrogen and oxygen atoms in total. The molecule has 27 heavy (non-hydrogen) atoms. The monoisotopic (exact) mass is 367 g/mol. The van der Waals surface area contributed by atoms with Gasteiger partial charge in [-0.1, -0.05) is 18.2 Å². The molecule has 1 aliphatic carbocycles. The van der Waals surface area contributed by atoms with Crippen LogP contribution in [-0.4, -0.2) is 17.8 Å². The lowest BCUT2D eigenvalue weighted by Gasteiger charge is -2.12. The molecule has 0 radical (unpaired) electrons. The van der Waals surface area contributed by atoms with Crippen LogP contribution in [0.3, 0.4) is 0 Å². The summed E-state index contributed by atoms with van der Waals surface area (Å²) >= 11 is 0. The Morgan fingerprint density at radius 3 is 2.67 bits per heavy atom. The number of rotatable bonds is 8. The molecule has 0 unspecified atom stereocenters. The van der Waals surface area contributed by atoms with Crippen molar-refractivity contribution in [2.45, 2.75) is 26.4 Å². The van der Waals surface area contributed by atoms with Crippen LogP contribution >= 0.6 is 0 Å². The second kappa shape index (κ2) is 8.03. The van der Waals surface area contributed by atoms with Crippen LogP contribution in [0.5, 0.6) is 11.5 Å². The zero-order chi connectivity index (χ0) is 19.4. The van der Waals surface area contributed by atoms with E-state index in [4.69, 9.17) is 9.47 Å². The number of ketones is 1. The second-order valence-corrected chi connectivity index (χ2v) is 6.60. The Balaban J connectivity index is 1.79. The lowest BCUT2D eigenvalue weighted by atomic mass is 10.1. The lowest BCUT2D eigenvalue weighted by Crippen LogP contribution is -2.02. The molecule has 0 bridgehead atoms. The molecule has 1 fully saturated rings. The summed E-state index contributed by atoms with van der Waals surface area (Å²) in [5.74, 6) is 1.17. The van der Waals surface area contributed by atoms with Crippen LogP contribution in [0.1, 0.15) is 29.5 Å². The Hall–Kier alpha value is -3.15. The van der Waals surface area contributed by atoms with Crippen LogP contribution in [0.25, 0.3) is 6.08 Å². The van der Waals surface area contributed by atoms with E-state index in [1.807, 2.05) is 19.1 Å². The van der Waals surface area contributed by atoms with Crippen LogP contribution in [0, 0.1) is 23.0 Å². The molecule has 0 spiro atoms. The van der Waals surface area contributed by atoms with E-state index in [9.17, 15) is 14.9 Å². The fourth-order valence-corrected chi connectivity index (χ4v) is 2.74. The van der Waals surface area contributed by atoms with Gasteiger partial charge in [-0.25, -0.2) is 0 Å². The Labute approximate surface area is 157 Å². The molecule has 0 amide bonds. The van der Waals surface area contributed by atoms with Crippen LogP contribution in [0.15, 0.2) is 42.5 Å². The number of hydrogen-bond donors (Lipinski definition) is 0. The van der Waals surface area contributed by atoms with E-state index in [0.29, 0.717) is 5.75 Å². The number of nitro groups is 1. The number of nitro benzene ring substituents is 1. The third-order valence-electron chi connectivity index (χ3n) is 4.42. The number of benzene rings is 2. The Kier molecular flexibility index (Phi) is 5.54. The molecule has 2 aromatic carbocycles. The van der Waals surface area contributed by atoms with Crippen molar-refractivity contribution in [3.05, 3.63) is 69.3 Å². The number of carbonyl (C=O) groups is 1. The van der Waals surface area contributed by atoms with Crippen LogP contribution in [0.2, 0.25) is 0 Å². The van der Waals surface area contributed by atoms with Crippen molar-refractivity contribution < 1.29 is 19.2 Å². The number of ether oxygens (including phenoxy) is 2. The Bertz CT molecular complexity index is 899. The zero-order valence-corrected chi connectivity index (χ0v) is 15.3. The number of nitrogens with zero attached hydrogens (tertiary/aromatic N) is 1. The third-order valence-corrected chi connectivity index (χ3v) is 4.42. The van der Waals surface area contributed by atoms with E-state index >= 15 is 0 Å². The van der Waals surface area contributed by atoms with E-state index in [1.165, 1.54) is 6.07 Å². The molecule has 0 aromatic heterocycles. The first kappa shape index (κ1) is 18.6. The summed E-state index contributed by atoms with van der Waals surface area (Å²) in [5.41, 5.74) is 2.39. The number of hydrogen-bond acceptors (Lipinski definition) is 5. The van der Waals surface area contributed by atoms with Crippen molar-refractivity contribution in [2.24, 2.45) is 5.92 Å². The van der Waals surface area contributed by atoms with Gasteiger partial charge in [0, 0.05) is 17.5 Å². The summed E-state index contributed by atoms with van der Waals surface area (Å²) in [6.45, 7) is 1.96. The Morgan fingerprint density at radius 2 is 2.00 bits per heavy atom. The molecule has 6 heteroatoms. The minimum Gasteiger partial charge on any atom is -0.496 e. The molecule has 0 aliphatic heterocycles. The van der Waals surface area contributed by atoms with Crippen LogP contribution < -0.4 is 9.47 Å². The second-order valence-electron chi connectivity index (χ2n) is 6.60. The molecule has 3 rings (SSSR count). The zero-order valence-electron chi connectivity index (χ0n) is 15.3. The molecule has 140 valence electrons. The van der Waals surface area contributed by atoms with Crippen molar-refractivity contribution in [1.82, 2.24) is 0 Å². The summed E-state index contributed by atoms with van der Waals surface area (Å²) in [4.78, 5) is 22.6. The SMILES string of the molecule is COc1ccc(/C=C/C(=O)C2CC2)cc1COc1cc(C)ccc1[N+](=O)[O-]. The molecule has 1 saturated carbocycles. The van der Waals surface area contributed by atoms with Gasteiger partial charge in [-0.3, -0.25) is 14.9 Å². The van der Waals surface area contributed by atoms with Crippen molar-refractivity contribution in [1.29, 1.82) is 0 Å². The minimum absolute atomic E-state index is 0.0781. The van der Waals surface area contributed by atoms with E-state index in [0.717, 1.165) is 29.5 Å². The molecular weight excluding hydrogens is 346 g/mol. The fourth-order valence-electron chi connectivity index (χ4n) is 2.74. The minimum atomic E-state index is -0.464. The first-order valence-corrected chi connectivity index (χ1v) is 8.74. The number of allylic oxidation sites excluding steroid dienone is 1. The van der Waals surface area contributed by atoms with E-state index < -0.39 is 4.92 Å². The molecule has 0 atom stereocenters. The maximum atomic E-state index is 11.8. The summed E-state index contributed by atoms with van der Waals surface area (Å²) in [5, 5.41) is 11.2. The van der Waals surface area contributed by atoms with Gasteiger partial charge in [0.15, 0.2) is 11.5 Å². The normalized spacial score (nSPS) is 13.6. The molecule has 0 saturated heterocycles. The van der Waals surface area contributed by atoms with Gasteiger partial charge < -0.3 is 9.47 Å². The summed E-state index contributed by atoms with van der Waals surface area (Å²) in [6.07, 6.45) is 5.33. The first-order valence-electron chi connectivity index (χ1n) is 8.74. The largest absolute Gasteiger partial charge is 0.496 e. The predicted octanol–water partition coefficient (Wildman–Crippen LogP) is 4.48. The molecule has 2 aromatic rings. The molecular formula is C21H21NO5. The fraction of sp³-hybridized carbons (Fsp3) is 0.286. The summed E-state index contributed by atoms with van der Waals surface area (Å²) in [7, 11) is 1.56. The van der Waals surface area contributed by atoms with Crippen molar-refractivity contribution in [3.8, 4) is 11.5 Å². The van der Waals surface area contributed by atoms with Gasteiger partial charge >= 0.3 is 5.69 Å². The summed E-state index contributed by atoms with van der Waals surface area (Å²) in [6, 6.07) is 10.3. The van der Waals surface area contributed by atoms with Gasteiger partial charge in [-0.05, 0) is 55.2 Å². The highest BCUT2D eigenvalue weighted by Crippen LogP contribution is 2.31. The summed E-state index contributed by atoms with van der Waals surface area (Å²) < 4.78 is 11.1. The predicted molar refractivity (Wildman–Crippen MR) is 102 cm³/mol. The van der Waals surface area contributed by atoms with Gasteiger partial charge in [0.1, 0.15) is 12.4 Å². The molecule has 1 aliphatic rings. The molecule has 0 heterocycles. The van der Waals surface area contributed by atoms with Crippen molar-refractivity contribution in [2.75, 3.05) is 7.11 Å². The van der Waals surface area contributed by atoms with Gasteiger partial charge in [0.2, 0.25) is 0 Å². The quantitative estimate of drug-likeness (QED) is 0.390. The van der Waals surface area contributed by atoms with Gasteiger partial charge in [0.25, 0.3) is 0 Å². The van der Waals surface area contributed by atoms with Gasteiger partial charge in [-0.2, -0.15) is 0 Å². The first-order chi connectivity index (χ1) is 13.0. The third kappa shape index (κ3) is 4.73. The Morgan fingerprint density at radius 1 is 1.22 bits per heavy atom. The van der Waals surface area contributed by atoms with Gasteiger partial charge in [0.05, 0.1) is 12.0 Å². The standard InChI is InChI=1S/C21H21NO5/c1-14-3-8-18(22(24)25)21(11-14)27-13-17-12-15(5-10-20(17)26-2)4-9-19(23)16-6-7-16/h3-5,8-12,16H,6-7,13H2,1-2H3/b9-4+. The van der Waals surface area contributed by atoms with Crippen molar-refractivity contribution in [3.63, 3.8) is 0 Å². The average molecular weight is 367 g/mol. The van der Waals surface area contributed by atoms with E-state index in [2.05, 4.69) is 0 Å². The maximum Gasteiger partial charge on any atom is 0.310 e. The number of aryl methyl sites for hydroxylation is 1. The topological polar surface area (TPSA) is 78.7 Å². The highest BCUT2D eigenvalue weighted by Gasteiger charge is 2.27. The molecule has 0 N–H and O–H groups in total. The van der Waals surface area contributed by atoms with E-state index in [-0.39, 0.29) is 29.7 Å². The smallest absolute Gasteiger partial charge is 0.310 e. The van der Waals surface area contributed by atoms with Crippen LogP contribution in [-0.2, 0) is 11.4 Å². The number of carbonyl (C=O) groups excluding carboxylic acids is 1. The number of methoxy groups -OCH3 is 1. The maximum absolute atomic E-state index is 11.8. The van der Waals surface area contributed by atoms with Crippen LogP contribution in [0.4, 0.5) is 5.69 Å². The highest BCUT2D eigenvalue weighted by atomic mass is 16.6. The van der Waals surface area contributed by atoms with Gasteiger partial charge in [-0.15, -0.1) is 0 Å².